The second-order valence-corrected chi connectivity index (χ2v) is 3.59. The van der Waals surface area contributed by atoms with Crippen LogP contribution in [0.4, 0.5) is 5.95 Å². The summed E-state index contributed by atoms with van der Waals surface area (Å²) in [4.78, 5) is 18.2. The number of aromatic nitrogens is 2. The molecule has 2 aromatic rings. The van der Waals surface area contributed by atoms with Crippen molar-refractivity contribution in [3.63, 3.8) is 0 Å². The van der Waals surface area contributed by atoms with Gasteiger partial charge in [-0.25, -0.2) is 4.98 Å². The van der Waals surface area contributed by atoms with Crippen molar-refractivity contribution in [2.45, 2.75) is 6.54 Å². The summed E-state index contributed by atoms with van der Waals surface area (Å²) in [5.41, 5.74) is 6.44. The van der Waals surface area contributed by atoms with Crippen LogP contribution < -0.4 is 15.8 Å². The molecule has 1 heterocycles. The van der Waals surface area contributed by atoms with E-state index in [2.05, 4.69) is 15.3 Å². The molecule has 0 fully saturated rings. The zero-order valence-electron chi connectivity index (χ0n) is 9.72. The molecule has 0 saturated carbocycles. The van der Waals surface area contributed by atoms with Crippen molar-refractivity contribution in [2.75, 3.05) is 11.9 Å². The number of hydrogen-bond donors (Lipinski definition) is 3. The Kier molecular flexibility index (Phi) is 3.93. The molecule has 0 radical (unpaired) electrons. The maximum atomic E-state index is 11.6. The summed E-state index contributed by atoms with van der Waals surface area (Å²) < 4.78 is 5.40. The van der Waals surface area contributed by atoms with Gasteiger partial charge >= 0.3 is 0 Å². The van der Waals surface area contributed by atoms with Gasteiger partial charge in [-0.15, -0.1) is 0 Å². The van der Waals surface area contributed by atoms with Crippen molar-refractivity contribution in [3.05, 3.63) is 42.2 Å². The first-order chi connectivity index (χ1) is 8.79. The molecule has 1 amide bonds. The fourth-order valence-corrected chi connectivity index (χ4v) is 1.46. The highest BCUT2D eigenvalue weighted by atomic mass is 16.5. The fourth-order valence-electron chi connectivity index (χ4n) is 1.46. The van der Waals surface area contributed by atoms with E-state index in [1.165, 1.54) is 0 Å². The van der Waals surface area contributed by atoms with Gasteiger partial charge in [0.15, 0.2) is 6.61 Å². The van der Waals surface area contributed by atoms with E-state index in [0.717, 1.165) is 5.56 Å². The van der Waals surface area contributed by atoms with Gasteiger partial charge in [-0.3, -0.25) is 10.1 Å². The Hall–Kier alpha value is -2.34. The van der Waals surface area contributed by atoms with Crippen LogP contribution in [0, 0.1) is 0 Å². The van der Waals surface area contributed by atoms with Gasteiger partial charge in [0.1, 0.15) is 5.75 Å². The standard InChI is InChI=1S/C12H14N4O2/c13-7-9-3-1-2-4-10(9)18-8-11(17)16-12-14-5-6-15-12/h1-6H,7-8,13H2,(H2,14,15,16,17). The van der Waals surface area contributed by atoms with Crippen LogP contribution in [-0.4, -0.2) is 22.5 Å². The van der Waals surface area contributed by atoms with Crippen molar-refractivity contribution in [3.8, 4) is 5.75 Å². The Morgan fingerprint density at radius 1 is 1.44 bits per heavy atom. The summed E-state index contributed by atoms with van der Waals surface area (Å²) in [5.74, 6) is 0.738. The number of para-hydroxylation sites is 1. The fraction of sp³-hybridized carbons (Fsp3) is 0.167. The molecule has 1 aromatic carbocycles. The highest BCUT2D eigenvalue weighted by Gasteiger charge is 2.06. The van der Waals surface area contributed by atoms with Crippen LogP contribution >= 0.6 is 0 Å². The monoisotopic (exact) mass is 246 g/mol. The Labute approximate surface area is 104 Å². The number of ether oxygens (including phenoxy) is 1. The maximum Gasteiger partial charge on any atom is 0.264 e. The van der Waals surface area contributed by atoms with E-state index >= 15 is 0 Å². The minimum absolute atomic E-state index is 0.0856. The summed E-state index contributed by atoms with van der Waals surface area (Å²) in [6.45, 7) is 0.285. The first kappa shape index (κ1) is 12.1. The number of carbonyl (C=O) groups is 1. The minimum atomic E-state index is -0.281. The van der Waals surface area contributed by atoms with Gasteiger partial charge in [0.25, 0.3) is 5.91 Å². The molecule has 6 heteroatoms. The third-order valence-corrected chi connectivity index (χ3v) is 2.31. The molecule has 0 saturated heterocycles. The normalized spacial score (nSPS) is 10.1. The summed E-state index contributed by atoms with van der Waals surface area (Å²) >= 11 is 0. The number of carbonyl (C=O) groups excluding carboxylic acids is 1. The molecule has 0 aliphatic carbocycles. The van der Waals surface area contributed by atoms with Gasteiger partial charge in [0, 0.05) is 24.5 Å². The summed E-state index contributed by atoms with van der Waals surface area (Å²) in [5, 5.41) is 2.57. The van der Waals surface area contributed by atoms with E-state index in [1.807, 2.05) is 18.2 Å². The Balaban J connectivity index is 1.89. The molecular formula is C12H14N4O2. The van der Waals surface area contributed by atoms with Crippen LogP contribution in [0.25, 0.3) is 0 Å². The molecular weight excluding hydrogens is 232 g/mol. The third-order valence-electron chi connectivity index (χ3n) is 2.31. The lowest BCUT2D eigenvalue weighted by Gasteiger charge is -2.09. The van der Waals surface area contributed by atoms with Crippen molar-refractivity contribution in [1.82, 2.24) is 9.97 Å². The van der Waals surface area contributed by atoms with Gasteiger partial charge in [-0.2, -0.15) is 0 Å². The van der Waals surface area contributed by atoms with Crippen molar-refractivity contribution in [1.29, 1.82) is 0 Å². The number of nitrogens with zero attached hydrogens (tertiary/aromatic N) is 1. The molecule has 94 valence electrons. The van der Waals surface area contributed by atoms with Crippen LogP contribution in [0.15, 0.2) is 36.7 Å². The summed E-state index contributed by atoms with van der Waals surface area (Å²) in [6.07, 6.45) is 3.18. The van der Waals surface area contributed by atoms with E-state index in [0.29, 0.717) is 18.2 Å². The van der Waals surface area contributed by atoms with Crippen LogP contribution in [0.3, 0.4) is 0 Å². The van der Waals surface area contributed by atoms with E-state index in [4.69, 9.17) is 10.5 Å². The van der Waals surface area contributed by atoms with Crippen LogP contribution in [0.2, 0.25) is 0 Å². The summed E-state index contributed by atoms with van der Waals surface area (Å²) in [6, 6.07) is 7.35. The molecule has 0 spiro atoms. The first-order valence-electron chi connectivity index (χ1n) is 5.49. The number of amides is 1. The second-order valence-electron chi connectivity index (χ2n) is 3.59. The lowest BCUT2D eigenvalue weighted by Crippen LogP contribution is -2.21. The number of imidazole rings is 1. The van der Waals surface area contributed by atoms with Crippen molar-refractivity contribution >= 4 is 11.9 Å². The second kappa shape index (κ2) is 5.83. The smallest absolute Gasteiger partial charge is 0.264 e. The van der Waals surface area contributed by atoms with Gasteiger partial charge in [-0.1, -0.05) is 18.2 Å². The van der Waals surface area contributed by atoms with E-state index in [-0.39, 0.29) is 12.5 Å². The van der Waals surface area contributed by atoms with Crippen molar-refractivity contribution in [2.24, 2.45) is 5.73 Å². The molecule has 4 N–H and O–H groups in total. The van der Waals surface area contributed by atoms with Gasteiger partial charge in [0.05, 0.1) is 0 Å². The van der Waals surface area contributed by atoms with E-state index < -0.39 is 0 Å². The van der Waals surface area contributed by atoms with E-state index in [1.54, 1.807) is 18.5 Å². The topological polar surface area (TPSA) is 93.0 Å². The number of benzene rings is 1. The van der Waals surface area contributed by atoms with Crippen molar-refractivity contribution < 1.29 is 9.53 Å². The number of H-pyrrole nitrogens is 1. The zero-order valence-corrected chi connectivity index (χ0v) is 9.72. The molecule has 0 aliphatic rings. The average Bonchev–Trinajstić information content (AvgIpc) is 2.89. The SMILES string of the molecule is NCc1ccccc1OCC(=O)Nc1ncc[nH]1. The Morgan fingerprint density at radius 3 is 3.00 bits per heavy atom. The number of hydrogen-bond acceptors (Lipinski definition) is 4. The maximum absolute atomic E-state index is 11.6. The quantitative estimate of drug-likeness (QED) is 0.730. The van der Waals surface area contributed by atoms with Gasteiger partial charge in [-0.05, 0) is 6.07 Å². The molecule has 0 unspecified atom stereocenters. The minimum Gasteiger partial charge on any atom is -0.483 e. The Morgan fingerprint density at radius 2 is 2.28 bits per heavy atom. The molecule has 2 rings (SSSR count). The van der Waals surface area contributed by atoms with Gasteiger partial charge < -0.3 is 15.5 Å². The lowest BCUT2D eigenvalue weighted by atomic mass is 10.2. The largest absolute Gasteiger partial charge is 0.483 e. The number of anilines is 1. The predicted octanol–water partition coefficient (Wildman–Crippen LogP) is 0.886. The van der Waals surface area contributed by atoms with Crippen LogP contribution in [0.5, 0.6) is 5.75 Å². The average molecular weight is 246 g/mol. The summed E-state index contributed by atoms with van der Waals surface area (Å²) in [7, 11) is 0. The third kappa shape index (κ3) is 3.08. The Bertz CT molecular complexity index is 511. The molecule has 18 heavy (non-hydrogen) atoms. The number of nitrogens with one attached hydrogen (secondary N) is 2. The van der Waals surface area contributed by atoms with Crippen LogP contribution in [0.1, 0.15) is 5.56 Å². The molecule has 1 aromatic heterocycles. The zero-order chi connectivity index (χ0) is 12.8. The lowest BCUT2D eigenvalue weighted by molar-refractivity contribution is -0.118. The highest BCUT2D eigenvalue weighted by Crippen LogP contribution is 2.16. The first-order valence-corrected chi connectivity index (χ1v) is 5.49. The molecule has 6 nitrogen and oxygen atoms in total. The number of aromatic amines is 1. The number of nitrogens with two attached hydrogens (primary N) is 1. The van der Waals surface area contributed by atoms with Gasteiger partial charge in [0.2, 0.25) is 5.95 Å². The molecule has 0 aliphatic heterocycles. The van der Waals surface area contributed by atoms with E-state index in [9.17, 15) is 4.79 Å². The molecule has 0 bridgehead atoms. The predicted molar refractivity (Wildman–Crippen MR) is 67.0 cm³/mol. The molecule has 0 atom stereocenters. The highest BCUT2D eigenvalue weighted by molar-refractivity contribution is 5.90. The number of rotatable bonds is 5. The van der Waals surface area contributed by atoms with Crippen LogP contribution in [-0.2, 0) is 11.3 Å².